The van der Waals surface area contributed by atoms with Crippen molar-refractivity contribution in [2.45, 2.75) is 38.0 Å². The van der Waals surface area contributed by atoms with Crippen LogP contribution in [0.2, 0.25) is 0 Å². The predicted molar refractivity (Wildman–Crippen MR) is 123 cm³/mol. The lowest BCUT2D eigenvalue weighted by Crippen LogP contribution is -2.48. The number of benzene rings is 2. The molecule has 33 heavy (non-hydrogen) atoms. The SMILES string of the molecule is O=C(Cc1ccc2c(c1)C(=O)C1(CCOCC1)C2)N[C@@H](Cc1coc2ccccc12)B(O)O. The van der Waals surface area contributed by atoms with E-state index in [1.807, 2.05) is 42.5 Å². The number of ketones is 1. The van der Waals surface area contributed by atoms with Crippen molar-refractivity contribution in [3.8, 4) is 0 Å². The molecule has 170 valence electrons. The van der Waals surface area contributed by atoms with Gasteiger partial charge in [-0.2, -0.15) is 0 Å². The number of hydrogen-bond donors (Lipinski definition) is 3. The van der Waals surface area contributed by atoms with Crippen LogP contribution in [0.3, 0.4) is 0 Å². The Bertz CT molecular complexity index is 1200. The van der Waals surface area contributed by atoms with E-state index in [0.29, 0.717) is 24.4 Å². The van der Waals surface area contributed by atoms with Crippen LogP contribution in [0.4, 0.5) is 0 Å². The molecule has 1 saturated heterocycles. The summed E-state index contributed by atoms with van der Waals surface area (Å²) in [5, 5.41) is 23.3. The van der Waals surface area contributed by atoms with E-state index < -0.39 is 13.1 Å². The zero-order valence-electron chi connectivity index (χ0n) is 18.3. The van der Waals surface area contributed by atoms with E-state index in [4.69, 9.17) is 9.15 Å². The fraction of sp³-hybridized carbons (Fsp3) is 0.360. The molecular formula is C25H26BNO6. The highest BCUT2D eigenvalue weighted by atomic mass is 16.5. The van der Waals surface area contributed by atoms with E-state index in [9.17, 15) is 19.6 Å². The summed E-state index contributed by atoms with van der Waals surface area (Å²) < 4.78 is 11.0. The fourth-order valence-corrected chi connectivity index (χ4v) is 5.10. The standard InChI is InChI=1S/C25H26BNO6/c28-23(27-22(26(30)31)13-18-15-33-21-4-2-1-3-19(18)21)12-16-5-6-17-14-25(7-9-32-10-8-25)24(29)20(17)11-16/h1-6,11,15,22,30-31H,7-10,12-14H2,(H,27,28)/t22-/m0/s1. The third kappa shape index (κ3) is 4.22. The molecule has 3 N–H and O–H groups in total. The second-order valence-electron chi connectivity index (χ2n) is 9.12. The summed E-state index contributed by atoms with van der Waals surface area (Å²) in [5.41, 5.74) is 3.58. The smallest absolute Gasteiger partial charge is 0.464 e. The maximum Gasteiger partial charge on any atom is 0.475 e. The molecule has 1 aliphatic heterocycles. The lowest BCUT2D eigenvalue weighted by Gasteiger charge is -2.31. The number of carbonyl (C=O) groups excluding carboxylic acids is 2. The van der Waals surface area contributed by atoms with E-state index in [1.165, 1.54) is 0 Å². The zero-order valence-corrected chi connectivity index (χ0v) is 18.3. The van der Waals surface area contributed by atoms with Gasteiger partial charge in [0.15, 0.2) is 5.78 Å². The summed E-state index contributed by atoms with van der Waals surface area (Å²) in [7, 11) is -1.72. The number of para-hydroxylation sites is 1. The minimum absolute atomic E-state index is 0.0476. The Morgan fingerprint density at radius 1 is 1.15 bits per heavy atom. The molecule has 0 unspecified atom stereocenters. The second kappa shape index (κ2) is 8.78. The van der Waals surface area contributed by atoms with Crippen LogP contribution >= 0.6 is 0 Å². The minimum Gasteiger partial charge on any atom is -0.464 e. The van der Waals surface area contributed by atoms with Gasteiger partial charge >= 0.3 is 7.12 Å². The number of Topliss-reactive ketones (excluding diaryl/α,β-unsaturated/α-hetero) is 1. The highest BCUT2D eigenvalue weighted by Crippen LogP contribution is 2.44. The van der Waals surface area contributed by atoms with Crippen molar-refractivity contribution in [3.05, 3.63) is 71.0 Å². The summed E-state index contributed by atoms with van der Waals surface area (Å²) in [6.45, 7) is 1.21. The summed E-state index contributed by atoms with van der Waals surface area (Å²) in [5.74, 6) is -1.08. The predicted octanol–water partition coefficient (Wildman–Crippen LogP) is 2.25. The Labute approximate surface area is 191 Å². The summed E-state index contributed by atoms with van der Waals surface area (Å²) >= 11 is 0. The van der Waals surface area contributed by atoms with E-state index in [-0.39, 0.29) is 29.9 Å². The van der Waals surface area contributed by atoms with E-state index in [0.717, 1.165) is 41.3 Å². The Hall–Kier alpha value is -2.94. The van der Waals surface area contributed by atoms with Crippen molar-refractivity contribution < 1.29 is 28.8 Å². The highest BCUT2D eigenvalue weighted by Gasteiger charge is 2.46. The number of nitrogens with one attached hydrogen (secondary N) is 1. The summed E-state index contributed by atoms with van der Waals surface area (Å²) in [4.78, 5) is 25.9. The van der Waals surface area contributed by atoms with Crippen LogP contribution in [0, 0.1) is 5.41 Å². The topological polar surface area (TPSA) is 109 Å². The summed E-state index contributed by atoms with van der Waals surface area (Å²) in [6.07, 6.45) is 4.03. The molecule has 1 spiro atoms. The first-order valence-electron chi connectivity index (χ1n) is 11.3. The first-order chi connectivity index (χ1) is 15.9. The molecule has 1 aromatic heterocycles. The minimum atomic E-state index is -1.72. The van der Waals surface area contributed by atoms with Gasteiger partial charge in [0.2, 0.25) is 5.91 Å². The lowest BCUT2D eigenvalue weighted by atomic mass is 9.75. The third-order valence-electron chi connectivity index (χ3n) is 6.95. The van der Waals surface area contributed by atoms with Crippen LogP contribution < -0.4 is 5.32 Å². The molecule has 1 amide bonds. The zero-order chi connectivity index (χ0) is 23.0. The fourth-order valence-electron chi connectivity index (χ4n) is 5.10. The van der Waals surface area contributed by atoms with E-state index in [2.05, 4.69) is 5.32 Å². The van der Waals surface area contributed by atoms with Gasteiger partial charge in [-0.1, -0.05) is 30.3 Å². The van der Waals surface area contributed by atoms with Crippen molar-refractivity contribution in [2.75, 3.05) is 13.2 Å². The first-order valence-corrected chi connectivity index (χ1v) is 11.3. The van der Waals surface area contributed by atoms with Crippen LogP contribution in [0.15, 0.2) is 53.1 Å². The van der Waals surface area contributed by atoms with E-state index >= 15 is 0 Å². The van der Waals surface area contributed by atoms with Crippen LogP contribution in [0.5, 0.6) is 0 Å². The molecule has 5 rings (SSSR count). The third-order valence-corrected chi connectivity index (χ3v) is 6.95. The number of fused-ring (bicyclic) bond motifs is 2. The van der Waals surface area contributed by atoms with Gasteiger partial charge in [0.1, 0.15) is 5.58 Å². The quantitative estimate of drug-likeness (QED) is 0.501. The normalized spacial score (nSPS) is 17.8. The maximum atomic E-state index is 13.1. The highest BCUT2D eigenvalue weighted by molar-refractivity contribution is 6.43. The summed E-state index contributed by atoms with van der Waals surface area (Å²) in [6, 6.07) is 13.1. The number of furan rings is 1. The molecule has 2 aliphatic rings. The van der Waals surface area contributed by atoms with Gasteiger partial charge < -0.3 is 24.5 Å². The van der Waals surface area contributed by atoms with Crippen molar-refractivity contribution >= 4 is 29.8 Å². The van der Waals surface area contributed by atoms with Gasteiger partial charge in [-0.25, -0.2) is 0 Å². The average Bonchev–Trinajstić information content (AvgIpc) is 3.33. The van der Waals surface area contributed by atoms with Crippen LogP contribution in [-0.2, 0) is 28.8 Å². The van der Waals surface area contributed by atoms with Gasteiger partial charge in [0, 0.05) is 29.6 Å². The van der Waals surface area contributed by atoms with Crippen LogP contribution in [0.25, 0.3) is 11.0 Å². The number of amides is 1. The van der Waals surface area contributed by atoms with Gasteiger partial charge in [-0.3, -0.25) is 9.59 Å². The molecule has 0 radical (unpaired) electrons. The maximum absolute atomic E-state index is 13.1. The number of ether oxygens (including phenoxy) is 1. The molecule has 1 atom stereocenters. The van der Waals surface area contributed by atoms with Crippen molar-refractivity contribution in [2.24, 2.45) is 5.41 Å². The largest absolute Gasteiger partial charge is 0.475 e. The number of carbonyl (C=O) groups is 2. The van der Waals surface area contributed by atoms with Crippen molar-refractivity contribution in [1.29, 1.82) is 0 Å². The van der Waals surface area contributed by atoms with Crippen LogP contribution in [0.1, 0.15) is 39.9 Å². The average molecular weight is 447 g/mol. The molecule has 2 heterocycles. The Kier molecular flexibility index (Phi) is 5.82. The van der Waals surface area contributed by atoms with Gasteiger partial charge in [0.05, 0.1) is 18.6 Å². The molecule has 0 saturated carbocycles. The molecule has 3 aromatic rings. The molecule has 8 heteroatoms. The Balaban J connectivity index is 1.27. The molecule has 0 bridgehead atoms. The molecular weight excluding hydrogens is 421 g/mol. The first kappa shape index (κ1) is 21.9. The van der Waals surface area contributed by atoms with Gasteiger partial charge in [-0.15, -0.1) is 0 Å². The lowest BCUT2D eigenvalue weighted by molar-refractivity contribution is -0.120. The Morgan fingerprint density at radius 3 is 2.73 bits per heavy atom. The molecule has 2 aromatic carbocycles. The van der Waals surface area contributed by atoms with Crippen LogP contribution in [-0.4, -0.2) is 48.0 Å². The molecule has 1 fully saturated rings. The second-order valence-corrected chi connectivity index (χ2v) is 9.12. The molecule has 7 nitrogen and oxygen atoms in total. The van der Waals surface area contributed by atoms with Crippen molar-refractivity contribution in [1.82, 2.24) is 5.32 Å². The van der Waals surface area contributed by atoms with Gasteiger partial charge in [-0.05, 0) is 54.5 Å². The number of rotatable bonds is 6. The molecule has 1 aliphatic carbocycles. The number of hydrogen-bond acceptors (Lipinski definition) is 6. The van der Waals surface area contributed by atoms with E-state index in [1.54, 1.807) is 6.26 Å². The van der Waals surface area contributed by atoms with Gasteiger partial charge in [0.25, 0.3) is 0 Å². The van der Waals surface area contributed by atoms with Crippen molar-refractivity contribution in [3.63, 3.8) is 0 Å². The Morgan fingerprint density at radius 2 is 1.94 bits per heavy atom. The monoisotopic (exact) mass is 447 g/mol.